The van der Waals surface area contributed by atoms with E-state index in [-0.39, 0.29) is 30.4 Å². The van der Waals surface area contributed by atoms with Gasteiger partial charge in [-0.25, -0.2) is 4.39 Å². The molecule has 2 N–H and O–H groups in total. The van der Waals surface area contributed by atoms with E-state index in [2.05, 4.69) is 6.58 Å². The molecule has 1 aliphatic rings. The molecule has 1 aromatic carbocycles. The minimum Gasteiger partial charge on any atom is -0.488 e. The van der Waals surface area contributed by atoms with Gasteiger partial charge in [0.15, 0.2) is 0 Å². The third kappa shape index (κ3) is 4.20. The Morgan fingerprint density at radius 3 is 3.00 bits per heavy atom. The highest BCUT2D eigenvalue weighted by Crippen LogP contribution is 2.29. The van der Waals surface area contributed by atoms with Gasteiger partial charge in [-0.15, -0.1) is 19.0 Å². The molecule has 0 radical (unpaired) electrons. The maximum atomic E-state index is 13.3. The summed E-state index contributed by atoms with van der Waals surface area (Å²) in [4.78, 5) is 0. The Kier molecular flexibility index (Phi) is 6.28. The van der Waals surface area contributed by atoms with Gasteiger partial charge in [-0.3, -0.25) is 0 Å². The van der Waals surface area contributed by atoms with Crippen molar-refractivity contribution in [3.63, 3.8) is 0 Å². The molecule has 3 nitrogen and oxygen atoms in total. The van der Waals surface area contributed by atoms with E-state index < -0.39 is 0 Å². The van der Waals surface area contributed by atoms with Gasteiger partial charge in [0.05, 0.1) is 13.2 Å². The highest BCUT2D eigenvalue weighted by molar-refractivity contribution is 5.85. The number of halogens is 2. The average Bonchev–Trinajstić information content (AvgIpc) is 2.84. The molecule has 1 saturated heterocycles. The average molecular weight is 288 g/mol. The van der Waals surface area contributed by atoms with Crippen molar-refractivity contribution in [1.29, 1.82) is 0 Å². The summed E-state index contributed by atoms with van der Waals surface area (Å²) in [6, 6.07) is 4.15. The lowest BCUT2D eigenvalue weighted by atomic mass is 10.0. The first-order chi connectivity index (χ1) is 8.70. The third-order valence-corrected chi connectivity index (χ3v) is 2.97. The highest BCUT2D eigenvalue weighted by Gasteiger charge is 2.20. The molecule has 5 heteroatoms. The molecule has 19 heavy (non-hydrogen) atoms. The van der Waals surface area contributed by atoms with Gasteiger partial charge in [-0.2, -0.15) is 0 Å². The van der Waals surface area contributed by atoms with Gasteiger partial charge in [0, 0.05) is 18.0 Å². The molecule has 0 bridgehead atoms. The van der Waals surface area contributed by atoms with Gasteiger partial charge in [0.1, 0.15) is 17.7 Å². The topological polar surface area (TPSA) is 44.5 Å². The summed E-state index contributed by atoms with van der Waals surface area (Å²) in [6.45, 7) is 4.93. The molecule has 1 heterocycles. The zero-order valence-electron chi connectivity index (χ0n) is 10.7. The van der Waals surface area contributed by atoms with Crippen LogP contribution in [0.4, 0.5) is 4.39 Å². The Morgan fingerprint density at radius 2 is 2.37 bits per heavy atom. The summed E-state index contributed by atoms with van der Waals surface area (Å²) in [6.07, 6.45) is 3.19. The van der Waals surface area contributed by atoms with E-state index in [1.807, 2.05) is 0 Å². The summed E-state index contributed by atoms with van der Waals surface area (Å²) >= 11 is 0. The van der Waals surface area contributed by atoms with Crippen LogP contribution in [-0.2, 0) is 4.74 Å². The second kappa shape index (κ2) is 7.48. The highest BCUT2D eigenvalue weighted by atomic mass is 35.5. The second-order valence-electron chi connectivity index (χ2n) is 4.42. The lowest BCUT2D eigenvalue weighted by Crippen LogP contribution is -2.19. The number of ether oxygens (including phenoxy) is 2. The zero-order valence-corrected chi connectivity index (χ0v) is 11.5. The summed E-state index contributed by atoms with van der Waals surface area (Å²) in [5.74, 6) is 0.334. The zero-order chi connectivity index (χ0) is 13.0. The Hall–Kier alpha value is -1.10. The van der Waals surface area contributed by atoms with E-state index in [0.29, 0.717) is 30.9 Å². The molecule has 1 aliphatic heterocycles. The van der Waals surface area contributed by atoms with Crippen LogP contribution in [0.5, 0.6) is 5.75 Å². The molecule has 2 rings (SSSR count). The molecular weight excluding hydrogens is 269 g/mol. The predicted molar refractivity (Wildman–Crippen MR) is 75.2 cm³/mol. The van der Waals surface area contributed by atoms with Gasteiger partial charge >= 0.3 is 0 Å². The Balaban J connectivity index is 0.00000180. The fourth-order valence-electron chi connectivity index (χ4n) is 2.01. The normalized spacial score (nSPS) is 19.6. The van der Waals surface area contributed by atoms with Crippen molar-refractivity contribution < 1.29 is 13.9 Å². The van der Waals surface area contributed by atoms with Crippen molar-refractivity contribution in [1.82, 2.24) is 0 Å². The smallest absolute Gasteiger partial charge is 0.124 e. The van der Waals surface area contributed by atoms with Crippen LogP contribution in [-0.4, -0.2) is 19.3 Å². The molecule has 0 saturated carbocycles. The summed E-state index contributed by atoms with van der Waals surface area (Å²) in [5.41, 5.74) is 6.68. The van der Waals surface area contributed by atoms with Gasteiger partial charge < -0.3 is 15.2 Å². The first kappa shape index (κ1) is 16.0. The minimum atomic E-state index is -0.306. The maximum Gasteiger partial charge on any atom is 0.124 e. The second-order valence-corrected chi connectivity index (χ2v) is 4.42. The van der Waals surface area contributed by atoms with Crippen molar-refractivity contribution in [2.24, 2.45) is 5.73 Å². The fourth-order valence-corrected chi connectivity index (χ4v) is 2.01. The quantitative estimate of drug-likeness (QED) is 0.847. The monoisotopic (exact) mass is 287 g/mol. The van der Waals surface area contributed by atoms with Gasteiger partial charge in [0.2, 0.25) is 0 Å². The summed E-state index contributed by atoms with van der Waals surface area (Å²) in [5, 5.41) is 0. The number of nitrogens with two attached hydrogens (primary N) is 1. The number of rotatable bonds is 5. The lowest BCUT2D eigenvalue weighted by molar-refractivity contribution is 0.140. The van der Waals surface area contributed by atoms with Crippen LogP contribution >= 0.6 is 12.4 Å². The Labute approximate surface area is 119 Å². The molecule has 0 spiro atoms. The van der Waals surface area contributed by atoms with Crippen molar-refractivity contribution in [3.8, 4) is 5.75 Å². The fraction of sp³-hybridized carbons (Fsp3) is 0.429. The molecule has 0 aromatic heterocycles. The van der Waals surface area contributed by atoms with Crippen molar-refractivity contribution in [3.05, 3.63) is 42.2 Å². The van der Waals surface area contributed by atoms with E-state index in [4.69, 9.17) is 15.2 Å². The van der Waals surface area contributed by atoms with E-state index in [1.54, 1.807) is 12.1 Å². The van der Waals surface area contributed by atoms with Gasteiger partial charge in [-0.05, 0) is 24.6 Å². The standard InChI is InChI=1S/C14H18FNO2.ClH/c1-2-3-13(16)12-8-10(15)4-5-14(12)18-11-6-7-17-9-11;/h2,4-5,8,11,13H,1,3,6-7,9,16H2;1H/t11-,13?;/m1./s1. The van der Waals surface area contributed by atoms with Crippen LogP contribution in [0.1, 0.15) is 24.4 Å². The predicted octanol–water partition coefficient (Wildman–Crippen LogP) is 2.99. The molecular formula is C14H19ClFNO2. The van der Waals surface area contributed by atoms with Crippen LogP contribution in [0.2, 0.25) is 0 Å². The lowest BCUT2D eigenvalue weighted by Gasteiger charge is -2.19. The first-order valence-corrected chi connectivity index (χ1v) is 6.11. The van der Waals surface area contributed by atoms with Crippen molar-refractivity contribution in [2.45, 2.75) is 25.0 Å². The van der Waals surface area contributed by atoms with Gasteiger partial charge in [0.25, 0.3) is 0 Å². The minimum absolute atomic E-state index is 0. The molecule has 1 aromatic rings. The number of hydrogen-bond donors (Lipinski definition) is 1. The van der Waals surface area contributed by atoms with Crippen LogP contribution in [0.3, 0.4) is 0 Å². The van der Waals surface area contributed by atoms with E-state index >= 15 is 0 Å². The van der Waals surface area contributed by atoms with Crippen molar-refractivity contribution >= 4 is 12.4 Å². The SMILES string of the molecule is C=CCC(N)c1cc(F)ccc1O[C@@H]1CCOC1.Cl. The largest absolute Gasteiger partial charge is 0.488 e. The third-order valence-electron chi connectivity index (χ3n) is 2.97. The van der Waals surface area contributed by atoms with Gasteiger partial charge in [-0.1, -0.05) is 6.08 Å². The molecule has 0 amide bonds. The Bertz CT molecular complexity index is 422. The number of hydrogen-bond acceptors (Lipinski definition) is 3. The van der Waals surface area contributed by atoms with Crippen molar-refractivity contribution in [2.75, 3.05) is 13.2 Å². The van der Waals surface area contributed by atoms with Crippen LogP contribution in [0, 0.1) is 5.82 Å². The van der Waals surface area contributed by atoms with Crippen LogP contribution in [0.15, 0.2) is 30.9 Å². The maximum absolute atomic E-state index is 13.3. The molecule has 1 unspecified atom stereocenters. The van der Waals surface area contributed by atoms with Crippen LogP contribution in [0.25, 0.3) is 0 Å². The first-order valence-electron chi connectivity index (χ1n) is 6.11. The van der Waals surface area contributed by atoms with Crippen LogP contribution < -0.4 is 10.5 Å². The van der Waals surface area contributed by atoms with E-state index in [9.17, 15) is 4.39 Å². The summed E-state index contributed by atoms with van der Waals surface area (Å²) < 4.78 is 24.4. The number of benzene rings is 1. The molecule has 106 valence electrons. The summed E-state index contributed by atoms with van der Waals surface area (Å²) in [7, 11) is 0. The Morgan fingerprint density at radius 1 is 1.58 bits per heavy atom. The van der Waals surface area contributed by atoms with E-state index in [1.165, 1.54) is 12.1 Å². The molecule has 1 fully saturated rings. The van der Waals surface area contributed by atoms with E-state index in [0.717, 1.165) is 6.42 Å². The molecule has 2 atom stereocenters. The molecule has 0 aliphatic carbocycles.